The third-order valence-corrected chi connectivity index (χ3v) is 15.1. The normalized spacial score (nSPS) is 12.4. The molecule has 448 valence electrons. The molecule has 0 aliphatic rings. The number of esters is 3. The van der Waals surface area contributed by atoms with Crippen LogP contribution in [0.25, 0.3) is 0 Å². The van der Waals surface area contributed by atoms with Crippen LogP contribution in [0.5, 0.6) is 0 Å². The van der Waals surface area contributed by atoms with Gasteiger partial charge in [0.05, 0.1) is 6.42 Å². The SMILES string of the molecule is CC/C=C\C/C=C\C/C=C\C/C=C\C/C=C\CC(=O)OC(COC(=O)CCCCCCCCCCC)COC(=O)CCCCCCCCCCCCCCCCCCCCCCCCCCCCCCCCCCCCC. The maximum absolute atomic E-state index is 12.8. The second-order valence-corrected chi connectivity index (χ2v) is 22.7. The molecule has 0 aromatic heterocycles. The van der Waals surface area contributed by atoms with Crippen LogP contribution in [0.15, 0.2) is 60.8 Å². The van der Waals surface area contributed by atoms with Crippen LogP contribution in [0.4, 0.5) is 0 Å². The zero-order valence-electron chi connectivity index (χ0n) is 51.5. The van der Waals surface area contributed by atoms with Gasteiger partial charge < -0.3 is 14.2 Å². The molecule has 1 atom stereocenters. The van der Waals surface area contributed by atoms with Crippen LogP contribution < -0.4 is 0 Å². The average molecular weight is 1080 g/mol. The van der Waals surface area contributed by atoms with Crippen molar-refractivity contribution < 1.29 is 28.6 Å². The lowest BCUT2D eigenvalue weighted by Gasteiger charge is -2.18. The summed E-state index contributed by atoms with van der Waals surface area (Å²) in [5.41, 5.74) is 0. The van der Waals surface area contributed by atoms with Crippen LogP contribution >= 0.6 is 0 Å². The predicted octanol–water partition coefficient (Wildman–Crippen LogP) is 23.1. The van der Waals surface area contributed by atoms with Crippen molar-refractivity contribution in [3.8, 4) is 0 Å². The van der Waals surface area contributed by atoms with Gasteiger partial charge in [0.2, 0.25) is 0 Å². The lowest BCUT2D eigenvalue weighted by atomic mass is 10.0. The molecule has 0 saturated heterocycles. The molecule has 0 aromatic carbocycles. The summed E-state index contributed by atoms with van der Waals surface area (Å²) in [5, 5.41) is 0. The minimum atomic E-state index is -0.825. The number of carbonyl (C=O) groups is 3. The van der Waals surface area contributed by atoms with Crippen molar-refractivity contribution in [3.63, 3.8) is 0 Å². The number of unbranched alkanes of at least 4 members (excludes halogenated alkanes) is 42. The van der Waals surface area contributed by atoms with Gasteiger partial charge in [-0.15, -0.1) is 0 Å². The van der Waals surface area contributed by atoms with E-state index in [4.69, 9.17) is 14.2 Å². The van der Waals surface area contributed by atoms with E-state index in [1.54, 1.807) is 6.08 Å². The van der Waals surface area contributed by atoms with E-state index in [1.807, 2.05) is 6.08 Å². The molecule has 0 spiro atoms. The average Bonchev–Trinajstić information content (AvgIpc) is 3.43. The summed E-state index contributed by atoms with van der Waals surface area (Å²) >= 11 is 0. The van der Waals surface area contributed by atoms with Crippen molar-refractivity contribution in [2.45, 2.75) is 361 Å². The molecular weight excluding hydrogens is 949 g/mol. The Kier molecular flexibility index (Phi) is 63.2. The molecule has 0 aliphatic carbocycles. The summed E-state index contributed by atoms with van der Waals surface area (Å²) in [6.45, 7) is 6.46. The molecule has 6 heteroatoms. The minimum absolute atomic E-state index is 0.101. The highest BCUT2D eigenvalue weighted by molar-refractivity contribution is 5.72. The summed E-state index contributed by atoms with van der Waals surface area (Å²) in [7, 11) is 0. The Morgan fingerprint density at radius 2 is 0.494 bits per heavy atom. The molecule has 0 aliphatic heterocycles. The van der Waals surface area contributed by atoms with Gasteiger partial charge in [-0.05, 0) is 44.9 Å². The second-order valence-electron chi connectivity index (χ2n) is 22.7. The van der Waals surface area contributed by atoms with Crippen molar-refractivity contribution >= 4 is 17.9 Å². The van der Waals surface area contributed by atoms with Gasteiger partial charge in [-0.2, -0.15) is 0 Å². The van der Waals surface area contributed by atoms with Gasteiger partial charge >= 0.3 is 17.9 Å². The Balaban J connectivity index is 4.01. The van der Waals surface area contributed by atoms with Gasteiger partial charge in [0.25, 0.3) is 0 Å². The van der Waals surface area contributed by atoms with Gasteiger partial charge in [0.15, 0.2) is 6.10 Å². The highest BCUT2D eigenvalue weighted by Crippen LogP contribution is 2.18. The zero-order valence-corrected chi connectivity index (χ0v) is 51.5. The van der Waals surface area contributed by atoms with Crippen molar-refractivity contribution in [2.24, 2.45) is 0 Å². The fourth-order valence-corrected chi connectivity index (χ4v) is 10.1. The van der Waals surface area contributed by atoms with E-state index in [9.17, 15) is 14.4 Å². The minimum Gasteiger partial charge on any atom is -0.462 e. The Hall–Kier alpha value is -2.89. The second kappa shape index (κ2) is 65.6. The lowest BCUT2D eigenvalue weighted by molar-refractivity contribution is -0.166. The molecule has 1 unspecified atom stereocenters. The Morgan fingerprint density at radius 1 is 0.273 bits per heavy atom. The van der Waals surface area contributed by atoms with Crippen LogP contribution in [-0.2, 0) is 28.6 Å². The van der Waals surface area contributed by atoms with Gasteiger partial charge in [-0.25, -0.2) is 0 Å². The van der Waals surface area contributed by atoms with Crippen LogP contribution in [0.1, 0.15) is 355 Å². The monoisotopic (exact) mass is 1080 g/mol. The highest BCUT2D eigenvalue weighted by atomic mass is 16.6. The van der Waals surface area contributed by atoms with Crippen molar-refractivity contribution in [3.05, 3.63) is 60.8 Å². The number of ether oxygens (including phenoxy) is 3. The van der Waals surface area contributed by atoms with Gasteiger partial charge in [0, 0.05) is 12.8 Å². The quantitative estimate of drug-likeness (QED) is 0.0261. The number of hydrogen-bond donors (Lipinski definition) is 0. The standard InChI is InChI=1S/C71H128O6/c1-4-7-10-13-16-19-21-23-25-26-27-28-29-30-31-32-33-34-35-36-37-38-39-40-41-42-43-44-46-47-49-52-55-58-61-64-70(73)76-67-68(66-75-69(72)63-60-57-54-51-18-15-12-9-6-3)77-71(74)65-62-59-56-53-50-48-45-24-22-20-17-14-11-8-5-2/h8,11,17,20,24,45,50,53,59,62,68H,4-7,9-10,12-16,18-19,21-23,25-44,46-49,51-52,54-58,60-61,63-67H2,1-3H3/b11-8-,20-17-,45-24-,53-50-,62-59-. The first-order valence-corrected chi connectivity index (χ1v) is 33.8. The fourth-order valence-electron chi connectivity index (χ4n) is 10.1. The molecule has 0 saturated carbocycles. The molecule has 77 heavy (non-hydrogen) atoms. The molecule has 0 radical (unpaired) electrons. The van der Waals surface area contributed by atoms with Crippen LogP contribution in [0.2, 0.25) is 0 Å². The Bertz CT molecular complexity index is 1380. The van der Waals surface area contributed by atoms with Crippen LogP contribution in [0.3, 0.4) is 0 Å². The van der Waals surface area contributed by atoms with Crippen LogP contribution in [-0.4, -0.2) is 37.2 Å². The molecule has 0 heterocycles. The highest BCUT2D eigenvalue weighted by Gasteiger charge is 2.19. The largest absolute Gasteiger partial charge is 0.462 e. The van der Waals surface area contributed by atoms with Crippen molar-refractivity contribution in [1.82, 2.24) is 0 Å². The lowest BCUT2D eigenvalue weighted by Crippen LogP contribution is -2.30. The summed E-state index contributed by atoms with van der Waals surface area (Å²) in [6.07, 6.45) is 84.6. The van der Waals surface area contributed by atoms with Crippen molar-refractivity contribution in [1.29, 1.82) is 0 Å². The van der Waals surface area contributed by atoms with E-state index in [2.05, 4.69) is 69.4 Å². The van der Waals surface area contributed by atoms with Gasteiger partial charge in [-0.3, -0.25) is 14.4 Å². The topological polar surface area (TPSA) is 78.9 Å². The molecule has 0 aromatic rings. The van der Waals surface area contributed by atoms with E-state index in [-0.39, 0.29) is 31.6 Å². The smallest absolute Gasteiger partial charge is 0.310 e. The first-order chi connectivity index (χ1) is 38.0. The molecule has 0 bridgehead atoms. The third-order valence-electron chi connectivity index (χ3n) is 15.1. The number of hydrogen-bond acceptors (Lipinski definition) is 6. The third kappa shape index (κ3) is 63.8. The molecule has 0 fully saturated rings. The fraction of sp³-hybridized carbons (Fsp3) is 0.817. The predicted molar refractivity (Wildman–Crippen MR) is 335 cm³/mol. The molecule has 0 N–H and O–H groups in total. The first-order valence-electron chi connectivity index (χ1n) is 33.8. The number of carbonyl (C=O) groups excluding carboxylic acids is 3. The summed E-state index contributed by atoms with van der Waals surface area (Å²) in [6, 6.07) is 0. The summed E-state index contributed by atoms with van der Waals surface area (Å²) in [4.78, 5) is 38.0. The molecule has 6 nitrogen and oxygen atoms in total. The molecular formula is C71H128O6. The van der Waals surface area contributed by atoms with E-state index < -0.39 is 12.1 Å². The van der Waals surface area contributed by atoms with E-state index >= 15 is 0 Å². The maximum Gasteiger partial charge on any atom is 0.310 e. The Labute approximate surface area is 479 Å². The van der Waals surface area contributed by atoms with Crippen LogP contribution in [0, 0.1) is 0 Å². The zero-order chi connectivity index (χ0) is 55.7. The summed E-state index contributed by atoms with van der Waals surface area (Å²) in [5.74, 6) is -1.03. The van der Waals surface area contributed by atoms with E-state index in [0.717, 1.165) is 70.6 Å². The van der Waals surface area contributed by atoms with E-state index in [1.165, 1.54) is 244 Å². The van der Waals surface area contributed by atoms with E-state index in [0.29, 0.717) is 12.8 Å². The maximum atomic E-state index is 12.8. The van der Waals surface area contributed by atoms with Gasteiger partial charge in [0.1, 0.15) is 13.2 Å². The Morgan fingerprint density at radius 3 is 0.740 bits per heavy atom. The van der Waals surface area contributed by atoms with Gasteiger partial charge in [-0.1, -0.05) is 351 Å². The summed E-state index contributed by atoms with van der Waals surface area (Å²) < 4.78 is 16.7. The first kappa shape index (κ1) is 74.1. The molecule has 0 amide bonds. The molecule has 0 rings (SSSR count). The number of allylic oxidation sites excluding steroid dienone is 9. The number of rotatable bonds is 62. The van der Waals surface area contributed by atoms with Crippen molar-refractivity contribution in [2.75, 3.05) is 13.2 Å².